The van der Waals surface area contributed by atoms with E-state index in [-0.39, 0.29) is 5.41 Å². The van der Waals surface area contributed by atoms with Crippen molar-refractivity contribution in [1.29, 1.82) is 0 Å². The van der Waals surface area contributed by atoms with Crippen LogP contribution in [-0.2, 0) is 0 Å². The lowest BCUT2D eigenvalue weighted by molar-refractivity contribution is 0.463. The predicted molar refractivity (Wildman–Crippen MR) is 88.9 cm³/mol. The van der Waals surface area contributed by atoms with E-state index in [1.165, 1.54) is 5.71 Å². The topological polar surface area (TPSA) is 12.4 Å². The summed E-state index contributed by atoms with van der Waals surface area (Å²) in [6.07, 6.45) is 10.6. The largest absolute Gasteiger partial charge is 0.293 e. The zero-order valence-corrected chi connectivity index (χ0v) is 13.4. The van der Waals surface area contributed by atoms with Crippen LogP contribution in [0.25, 0.3) is 0 Å². The molecule has 0 aliphatic rings. The summed E-state index contributed by atoms with van der Waals surface area (Å²) in [6.45, 7) is 19.5. The molecule has 0 aromatic rings. The number of rotatable bonds is 9. The fraction of sp³-hybridized carbons (Fsp3) is 0.611. The normalized spacial score (nSPS) is 18.9. The molecule has 0 amide bonds. The van der Waals surface area contributed by atoms with Gasteiger partial charge in [0.2, 0.25) is 0 Å². The molecule has 0 radical (unpaired) electrons. The van der Waals surface area contributed by atoms with Crippen LogP contribution in [0.5, 0.6) is 0 Å². The Balaban J connectivity index is 4.53. The Morgan fingerprint density at radius 2 is 1.95 bits per heavy atom. The van der Waals surface area contributed by atoms with Gasteiger partial charge in [0.15, 0.2) is 0 Å². The highest BCUT2D eigenvalue weighted by atomic mass is 14.7. The van der Waals surface area contributed by atoms with Crippen LogP contribution in [0.3, 0.4) is 0 Å². The van der Waals surface area contributed by atoms with E-state index in [0.717, 1.165) is 19.4 Å². The van der Waals surface area contributed by atoms with Gasteiger partial charge >= 0.3 is 0 Å². The van der Waals surface area contributed by atoms with Crippen molar-refractivity contribution >= 4 is 5.71 Å². The lowest BCUT2D eigenvalue weighted by Crippen LogP contribution is -2.15. The number of aliphatic imine (C=N–C) groups is 1. The molecule has 0 saturated heterocycles. The number of hydrogen-bond donors (Lipinski definition) is 0. The van der Waals surface area contributed by atoms with E-state index in [2.05, 4.69) is 64.9 Å². The van der Waals surface area contributed by atoms with Gasteiger partial charge in [0.25, 0.3) is 0 Å². The quantitative estimate of drug-likeness (QED) is 0.386. The molecule has 0 saturated carbocycles. The SMILES string of the molecule is C=CC(C)[C@@H](C)C/C=C\C(C)(C=C)CN=C(C)CC. The number of hydrogen-bond acceptors (Lipinski definition) is 1. The van der Waals surface area contributed by atoms with Crippen molar-refractivity contribution in [2.24, 2.45) is 22.2 Å². The van der Waals surface area contributed by atoms with Gasteiger partial charge in [0.05, 0.1) is 6.54 Å². The van der Waals surface area contributed by atoms with Crippen LogP contribution in [0, 0.1) is 17.3 Å². The summed E-state index contributed by atoms with van der Waals surface area (Å²) in [6, 6.07) is 0. The van der Waals surface area contributed by atoms with Gasteiger partial charge in [0.1, 0.15) is 0 Å². The number of nitrogens with zero attached hydrogens (tertiary/aromatic N) is 1. The van der Waals surface area contributed by atoms with E-state index in [9.17, 15) is 0 Å². The Bertz CT molecular complexity index is 338. The first-order chi connectivity index (χ1) is 8.88. The van der Waals surface area contributed by atoms with Crippen LogP contribution < -0.4 is 0 Å². The maximum atomic E-state index is 4.61. The first-order valence-corrected chi connectivity index (χ1v) is 7.32. The van der Waals surface area contributed by atoms with Crippen molar-refractivity contribution in [2.75, 3.05) is 6.54 Å². The Morgan fingerprint density at radius 1 is 1.32 bits per heavy atom. The standard InChI is InChI=1S/C18H31N/c1-8-15(4)16(5)12-11-13-18(7,10-3)14-19-17(6)9-2/h8,10-11,13,15-16H,1,3,9,12,14H2,2,4-7H3/b13-11-,19-17?/t15?,16-,18?/m0/s1. The predicted octanol–water partition coefficient (Wildman–Crippen LogP) is 5.45. The molecule has 0 aromatic carbocycles. The molecule has 0 rings (SSSR count). The zero-order chi connectivity index (χ0) is 14.9. The summed E-state index contributed by atoms with van der Waals surface area (Å²) < 4.78 is 0. The van der Waals surface area contributed by atoms with Gasteiger partial charge in [-0.15, -0.1) is 13.2 Å². The van der Waals surface area contributed by atoms with Crippen molar-refractivity contribution < 1.29 is 0 Å². The average molecular weight is 261 g/mol. The van der Waals surface area contributed by atoms with Gasteiger partial charge in [0, 0.05) is 11.1 Å². The van der Waals surface area contributed by atoms with Gasteiger partial charge in [-0.2, -0.15) is 0 Å². The molecule has 0 aromatic heterocycles. The van der Waals surface area contributed by atoms with E-state index in [1.807, 2.05) is 12.2 Å². The first kappa shape index (κ1) is 17.9. The van der Waals surface area contributed by atoms with Crippen LogP contribution >= 0.6 is 0 Å². The van der Waals surface area contributed by atoms with E-state index in [1.54, 1.807) is 0 Å². The third-order valence-corrected chi connectivity index (χ3v) is 3.94. The Morgan fingerprint density at radius 3 is 2.42 bits per heavy atom. The molecule has 0 aliphatic heterocycles. The minimum atomic E-state index is -0.0342. The lowest BCUT2D eigenvalue weighted by atomic mass is 9.87. The molecule has 1 nitrogen and oxygen atoms in total. The van der Waals surface area contributed by atoms with E-state index < -0.39 is 0 Å². The summed E-state index contributed by atoms with van der Waals surface area (Å²) in [5.41, 5.74) is 1.17. The van der Waals surface area contributed by atoms with Crippen LogP contribution in [0.2, 0.25) is 0 Å². The fourth-order valence-corrected chi connectivity index (χ4v) is 1.60. The molecule has 0 N–H and O–H groups in total. The molecule has 3 atom stereocenters. The summed E-state index contributed by atoms with van der Waals surface area (Å²) in [4.78, 5) is 4.61. The molecular formula is C18H31N. The lowest BCUT2D eigenvalue weighted by Gasteiger charge is -2.20. The summed E-state index contributed by atoms with van der Waals surface area (Å²) in [5, 5.41) is 0. The monoisotopic (exact) mass is 261 g/mol. The van der Waals surface area contributed by atoms with Crippen LogP contribution in [0.4, 0.5) is 0 Å². The third kappa shape index (κ3) is 7.15. The van der Waals surface area contributed by atoms with Gasteiger partial charge in [-0.1, -0.05) is 52.0 Å². The molecular weight excluding hydrogens is 230 g/mol. The third-order valence-electron chi connectivity index (χ3n) is 3.94. The maximum Gasteiger partial charge on any atom is 0.0511 e. The smallest absolute Gasteiger partial charge is 0.0511 e. The fourth-order valence-electron chi connectivity index (χ4n) is 1.60. The average Bonchev–Trinajstić information content (AvgIpc) is 2.43. The number of allylic oxidation sites excluding steroid dienone is 2. The van der Waals surface area contributed by atoms with E-state index in [0.29, 0.717) is 11.8 Å². The van der Waals surface area contributed by atoms with Gasteiger partial charge in [-0.05, 0) is 31.6 Å². The second-order valence-electron chi connectivity index (χ2n) is 5.83. The summed E-state index contributed by atoms with van der Waals surface area (Å²) >= 11 is 0. The van der Waals surface area contributed by atoms with Gasteiger partial charge in [-0.3, -0.25) is 4.99 Å². The highest BCUT2D eigenvalue weighted by Crippen LogP contribution is 2.23. The minimum absolute atomic E-state index is 0.0342. The first-order valence-electron chi connectivity index (χ1n) is 7.32. The Hall–Kier alpha value is -1.11. The zero-order valence-electron chi connectivity index (χ0n) is 13.4. The molecule has 0 heterocycles. The molecule has 0 fully saturated rings. The molecule has 0 bridgehead atoms. The maximum absolute atomic E-state index is 4.61. The molecule has 0 aliphatic carbocycles. The van der Waals surface area contributed by atoms with E-state index >= 15 is 0 Å². The van der Waals surface area contributed by atoms with Crippen molar-refractivity contribution in [3.63, 3.8) is 0 Å². The summed E-state index contributed by atoms with van der Waals surface area (Å²) in [7, 11) is 0. The molecule has 108 valence electrons. The van der Waals surface area contributed by atoms with Gasteiger partial charge in [-0.25, -0.2) is 0 Å². The summed E-state index contributed by atoms with van der Waals surface area (Å²) in [5.74, 6) is 1.18. The van der Waals surface area contributed by atoms with Gasteiger partial charge < -0.3 is 0 Å². The molecule has 0 spiro atoms. The molecule has 2 unspecified atom stereocenters. The molecule has 1 heteroatoms. The highest BCUT2D eigenvalue weighted by molar-refractivity contribution is 5.81. The van der Waals surface area contributed by atoms with Crippen LogP contribution in [-0.4, -0.2) is 12.3 Å². The van der Waals surface area contributed by atoms with Crippen molar-refractivity contribution in [3.8, 4) is 0 Å². The second-order valence-corrected chi connectivity index (χ2v) is 5.83. The Kier molecular flexibility index (Phi) is 8.38. The van der Waals surface area contributed by atoms with Crippen molar-refractivity contribution in [2.45, 2.75) is 47.5 Å². The van der Waals surface area contributed by atoms with E-state index in [4.69, 9.17) is 0 Å². The second kappa shape index (κ2) is 8.90. The Labute approximate surface area is 120 Å². The minimum Gasteiger partial charge on any atom is -0.293 e. The molecule has 19 heavy (non-hydrogen) atoms. The van der Waals surface area contributed by atoms with Crippen LogP contribution in [0.15, 0.2) is 42.5 Å². The van der Waals surface area contributed by atoms with Crippen molar-refractivity contribution in [1.82, 2.24) is 0 Å². The van der Waals surface area contributed by atoms with Crippen LogP contribution in [0.1, 0.15) is 47.5 Å². The highest BCUT2D eigenvalue weighted by Gasteiger charge is 2.16. The van der Waals surface area contributed by atoms with Crippen molar-refractivity contribution in [3.05, 3.63) is 37.5 Å².